The number of ether oxygens (including phenoxy) is 1. The number of carbonyl (C=O) groups excluding carboxylic acids is 1. The summed E-state index contributed by atoms with van der Waals surface area (Å²) in [6, 6.07) is -0.218. The monoisotopic (exact) mass is 149 g/mol. The second-order valence-corrected chi connectivity index (χ2v) is 2.21. The first kappa shape index (κ1) is 8.78. The summed E-state index contributed by atoms with van der Waals surface area (Å²) >= 11 is 1.40. The first-order valence-corrected chi connectivity index (χ1v) is 3.81. The Labute approximate surface area is 59.3 Å². The van der Waals surface area contributed by atoms with Crippen molar-refractivity contribution in [3.8, 4) is 0 Å². The normalized spacial score (nSPS) is 12.8. The van der Waals surface area contributed by atoms with Crippen LogP contribution in [0, 0.1) is 0 Å². The molecule has 9 heavy (non-hydrogen) atoms. The molecule has 0 aromatic carbocycles. The Balaban J connectivity index is 3.45. The summed E-state index contributed by atoms with van der Waals surface area (Å²) in [7, 11) is 1.38. The lowest BCUT2D eigenvalue weighted by molar-refractivity contribution is -0.142. The Morgan fingerprint density at radius 1 is 1.78 bits per heavy atom. The van der Waals surface area contributed by atoms with Crippen molar-refractivity contribution in [2.45, 2.75) is 13.0 Å². The lowest BCUT2D eigenvalue weighted by atomic mass is 10.4. The predicted octanol–water partition coefficient (Wildman–Crippen LogP) is 0.415. The first-order chi connectivity index (χ1) is 4.22. The minimum atomic E-state index is -0.232. The Hall–Kier alpha value is -0.220. The van der Waals surface area contributed by atoms with E-state index in [1.54, 1.807) is 6.92 Å². The van der Waals surface area contributed by atoms with Crippen LogP contribution in [0.15, 0.2) is 0 Å². The van der Waals surface area contributed by atoms with Gasteiger partial charge in [0.2, 0.25) is 0 Å². The van der Waals surface area contributed by atoms with Crippen LogP contribution in [0.4, 0.5) is 0 Å². The topological polar surface area (TPSA) is 38.3 Å². The van der Waals surface area contributed by atoms with Crippen LogP contribution in [-0.2, 0) is 9.53 Å². The molecule has 0 spiro atoms. The number of carbonyl (C=O) groups is 1. The molecule has 0 amide bonds. The highest BCUT2D eigenvalue weighted by atomic mass is 32.2. The SMILES string of the molecule is COC(=O)C(C)NSC. The van der Waals surface area contributed by atoms with E-state index >= 15 is 0 Å². The Morgan fingerprint density at radius 2 is 2.33 bits per heavy atom. The molecule has 0 fully saturated rings. The van der Waals surface area contributed by atoms with E-state index in [0.717, 1.165) is 0 Å². The highest BCUT2D eigenvalue weighted by Crippen LogP contribution is 1.91. The third-order valence-corrected chi connectivity index (χ3v) is 1.44. The van der Waals surface area contributed by atoms with Gasteiger partial charge in [0, 0.05) is 0 Å². The van der Waals surface area contributed by atoms with Gasteiger partial charge in [-0.05, 0) is 13.2 Å². The summed E-state index contributed by atoms with van der Waals surface area (Å²) in [5.41, 5.74) is 0. The van der Waals surface area contributed by atoms with Crippen LogP contribution in [0.5, 0.6) is 0 Å². The van der Waals surface area contributed by atoms with E-state index in [0.29, 0.717) is 0 Å². The molecule has 54 valence electrons. The van der Waals surface area contributed by atoms with Crippen molar-refractivity contribution in [2.24, 2.45) is 0 Å². The van der Waals surface area contributed by atoms with Gasteiger partial charge >= 0.3 is 5.97 Å². The van der Waals surface area contributed by atoms with Gasteiger partial charge in [0.1, 0.15) is 6.04 Å². The maximum absolute atomic E-state index is 10.6. The second-order valence-electron chi connectivity index (χ2n) is 1.57. The zero-order chi connectivity index (χ0) is 7.28. The molecule has 0 aromatic heterocycles. The number of nitrogens with one attached hydrogen (secondary N) is 1. The molecule has 0 aliphatic rings. The molecule has 0 aromatic rings. The molecule has 0 radical (unpaired) electrons. The van der Waals surface area contributed by atoms with Crippen molar-refractivity contribution in [2.75, 3.05) is 13.4 Å². The largest absolute Gasteiger partial charge is 0.468 e. The van der Waals surface area contributed by atoms with Gasteiger partial charge in [-0.15, -0.1) is 0 Å². The molecular weight excluding hydrogens is 138 g/mol. The Bertz CT molecular complexity index is 97.0. The van der Waals surface area contributed by atoms with Crippen LogP contribution in [-0.4, -0.2) is 25.4 Å². The van der Waals surface area contributed by atoms with Crippen LogP contribution in [0.1, 0.15) is 6.92 Å². The molecule has 3 nitrogen and oxygen atoms in total. The quantitative estimate of drug-likeness (QED) is 0.466. The molecule has 0 saturated carbocycles. The van der Waals surface area contributed by atoms with Gasteiger partial charge in [-0.3, -0.25) is 9.52 Å². The van der Waals surface area contributed by atoms with E-state index < -0.39 is 0 Å². The van der Waals surface area contributed by atoms with Gasteiger partial charge < -0.3 is 4.74 Å². The van der Waals surface area contributed by atoms with Crippen LogP contribution in [0.25, 0.3) is 0 Å². The highest BCUT2D eigenvalue weighted by Gasteiger charge is 2.09. The van der Waals surface area contributed by atoms with Crippen molar-refractivity contribution in [3.63, 3.8) is 0 Å². The maximum Gasteiger partial charge on any atom is 0.323 e. The van der Waals surface area contributed by atoms with Crippen LogP contribution in [0.2, 0.25) is 0 Å². The smallest absolute Gasteiger partial charge is 0.323 e. The summed E-state index contributed by atoms with van der Waals surface area (Å²) in [4.78, 5) is 10.6. The van der Waals surface area contributed by atoms with Gasteiger partial charge in [0.05, 0.1) is 7.11 Å². The van der Waals surface area contributed by atoms with Gasteiger partial charge in [-0.1, -0.05) is 11.9 Å². The standard InChI is InChI=1S/C5H11NO2S/c1-4(6-9-3)5(7)8-2/h4,6H,1-3H3. The van der Waals surface area contributed by atoms with Crippen LogP contribution < -0.4 is 4.72 Å². The lowest BCUT2D eigenvalue weighted by Gasteiger charge is -2.06. The van der Waals surface area contributed by atoms with E-state index in [4.69, 9.17) is 0 Å². The van der Waals surface area contributed by atoms with Crippen molar-refractivity contribution >= 4 is 17.9 Å². The van der Waals surface area contributed by atoms with Gasteiger partial charge in [-0.2, -0.15) is 0 Å². The second kappa shape index (κ2) is 4.64. The third kappa shape index (κ3) is 3.37. The van der Waals surface area contributed by atoms with Gasteiger partial charge in [0.25, 0.3) is 0 Å². The van der Waals surface area contributed by atoms with E-state index in [-0.39, 0.29) is 12.0 Å². The number of rotatable bonds is 3. The molecule has 1 N–H and O–H groups in total. The highest BCUT2D eigenvalue weighted by molar-refractivity contribution is 7.96. The summed E-state index contributed by atoms with van der Waals surface area (Å²) in [6.07, 6.45) is 1.86. The van der Waals surface area contributed by atoms with Crippen molar-refractivity contribution in [1.29, 1.82) is 0 Å². The fourth-order valence-corrected chi connectivity index (χ4v) is 0.851. The van der Waals surface area contributed by atoms with Crippen molar-refractivity contribution < 1.29 is 9.53 Å². The van der Waals surface area contributed by atoms with Crippen LogP contribution in [0.3, 0.4) is 0 Å². The summed E-state index contributed by atoms with van der Waals surface area (Å²) in [5, 5.41) is 0. The third-order valence-electron chi connectivity index (χ3n) is 0.849. The molecule has 0 saturated heterocycles. The van der Waals surface area contributed by atoms with Crippen molar-refractivity contribution in [3.05, 3.63) is 0 Å². The van der Waals surface area contributed by atoms with E-state index in [9.17, 15) is 4.79 Å². The van der Waals surface area contributed by atoms with Gasteiger partial charge in [0.15, 0.2) is 0 Å². The minimum Gasteiger partial charge on any atom is -0.468 e. The lowest BCUT2D eigenvalue weighted by Crippen LogP contribution is -2.29. The predicted molar refractivity (Wildman–Crippen MR) is 38.1 cm³/mol. The van der Waals surface area contributed by atoms with E-state index in [1.807, 2.05) is 6.26 Å². The molecule has 0 bridgehead atoms. The molecule has 0 rings (SSSR count). The fourth-order valence-electron chi connectivity index (χ4n) is 0.402. The maximum atomic E-state index is 10.6. The van der Waals surface area contributed by atoms with Gasteiger partial charge in [-0.25, -0.2) is 0 Å². The average Bonchev–Trinajstić information content (AvgIpc) is 1.87. The molecule has 0 aliphatic carbocycles. The molecular formula is C5H11NO2S. The zero-order valence-corrected chi connectivity index (χ0v) is 6.62. The molecule has 0 heterocycles. The molecule has 4 heteroatoms. The summed E-state index contributed by atoms with van der Waals surface area (Å²) < 4.78 is 7.29. The number of hydrogen-bond acceptors (Lipinski definition) is 4. The number of esters is 1. The Morgan fingerprint density at radius 3 is 2.67 bits per heavy atom. The van der Waals surface area contributed by atoms with E-state index in [1.165, 1.54) is 19.1 Å². The first-order valence-electron chi connectivity index (χ1n) is 2.58. The molecule has 0 aliphatic heterocycles. The zero-order valence-electron chi connectivity index (χ0n) is 5.80. The van der Waals surface area contributed by atoms with Crippen molar-refractivity contribution in [1.82, 2.24) is 4.72 Å². The average molecular weight is 149 g/mol. The Kier molecular flexibility index (Phi) is 4.53. The summed E-state index contributed by atoms with van der Waals surface area (Å²) in [6.45, 7) is 1.75. The summed E-state index contributed by atoms with van der Waals surface area (Å²) in [5.74, 6) is -0.232. The molecule has 1 unspecified atom stereocenters. The minimum absolute atomic E-state index is 0.218. The fraction of sp³-hybridized carbons (Fsp3) is 0.800. The number of methoxy groups -OCH3 is 1. The van der Waals surface area contributed by atoms with E-state index in [2.05, 4.69) is 9.46 Å². The van der Waals surface area contributed by atoms with Crippen LogP contribution >= 0.6 is 11.9 Å². The number of hydrogen-bond donors (Lipinski definition) is 1. The molecule has 1 atom stereocenters.